The van der Waals surface area contributed by atoms with Crippen molar-refractivity contribution in [3.8, 4) is 11.5 Å². The normalized spacial score (nSPS) is 10.4. The van der Waals surface area contributed by atoms with Crippen LogP contribution < -0.4 is 14.8 Å². The maximum absolute atomic E-state index is 5.55. The lowest BCUT2D eigenvalue weighted by molar-refractivity contribution is 0.308. The Morgan fingerprint density at radius 3 is 2.80 bits per heavy atom. The van der Waals surface area contributed by atoms with Crippen LogP contribution in [0.5, 0.6) is 11.5 Å². The molecule has 2 rings (SSSR count). The third kappa shape index (κ3) is 3.19. The smallest absolute Gasteiger partial charge is 0.242 e. The van der Waals surface area contributed by atoms with Gasteiger partial charge in [-0.15, -0.1) is 0 Å². The Morgan fingerprint density at radius 1 is 1.40 bits per heavy atom. The minimum Gasteiger partial charge on any atom is -0.493 e. The molecule has 7 nitrogen and oxygen atoms in total. The van der Waals surface area contributed by atoms with Gasteiger partial charge in [-0.1, -0.05) is 5.10 Å². The van der Waals surface area contributed by atoms with Crippen molar-refractivity contribution in [3.63, 3.8) is 0 Å². The van der Waals surface area contributed by atoms with E-state index in [1.165, 1.54) is 0 Å². The van der Waals surface area contributed by atoms with Gasteiger partial charge in [-0.05, 0) is 51.0 Å². The molecule has 20 heavy (non-hydrogen) atoms. The average molecular weight is 342 g/mol. The predicted molar refractivity (Wildman–Crippen MR) is 78.0 cm³/mol. The van der Waals surface area contributed by atoms with Crippen LogP contribution in [0.15, 0.2) is 16.6 Å². The zero-order valence-electron chi connectivity index (χ0n) is 11.6. The molecule has 2 aromatic rings. The molecule has 0 saturated heterocycles. The molecule has 1 N–H and O–H groups in total. The van der Waals surface area contributed by atoms with Gasteiger partial charge >= 0.3 is 0 Å². The summed E-state index contributed by atoms with van der Waals surface area (Å²) in [4.78, 5) is 0. The van der Waals surface area contributed by atoms with Crippen LogP contribution in [-0.4, -0.2) is 33.9 Å². The van der Waals surface area contributed by atoms with Crippen molar-refractivity contribution in [2.75, 3.05) is 19.0 Å². The third-order valence-corrected chi connectivity index (χ3v) is 3.24. The van der Waals surface area contributed by atoms with E-state index in [4.69, 9.17) is 9.47 Å². The number of nitrogens with zero attached hydrogens (tertiary/aromatic N) is 4. The molecule has 0 saturated carbocycles. The summed E-state index contributed by atoms with van der Waals surface area (Å²) in [5.74, 6) is 2.00. The van der Waals surface area contributed by atoms with Gasteiger partial charge in [-0.25, -0.2) is 4.68 Å². The molecular formula is C12H16BrN5O2. The van der Waals surface area contributed by atoms with Gasteiger partial charge in [0, 0.05) is 13.6 Å². The molecule has 0 aliphatic carbocycles. The first-order valence-electron chi connectivity index (χ1n) is 6.11. The molecule has 0 spiro atoms. The fourth-order valence-electron chi connectivity index (χ4n) is 1.72. The van der Waals surface area contributed by atoms with Crippen LogP contribution in [0.4, 0.5) is 5.95 Å². The SMILES string of the molecule is CCOc1c(Br)cc(CNc2nnnn2C)cc1OC. The number of anilines is 1. The Bertz CT molecular complexity index is 587. The van der Waals surface area contributed by atoms with Crippen molar-refractivity contribution in [1.29, 1.82) is 0 Å². The molecule has 8 heteroatoms. The lowest BCUT2D eigenvalue weighted by Gasteiger charge is -2.13. The lowest BCUT2D eigenvalue weighted by atomic mass is 10.2. The molecule has 0 fully saturated rings. The lowest BCUT2D eigenvalue weighted by Crippen LogP contribution is -2.06. The van der Waals surface area contributed by atoms with Crippen molar-refractivity contribution < 1.29 is 9.47 Å². The van der Waals surface area contributed by atoms with Gasteiger partial charge in [-0.3, -0.25) is 0 Å². The molecule has 1 aromatic carbocycles. The number of nitrogens with one attached hydrogen (secondary N) is 1. The fraction of sp³-hybridized carbons (Fsp3) is 0.417. The highest BCUT2D eigenvalue weighted by Crippen LogP contribution is 2.36. The highest BCUT2D eigenvalue weighted by Gasteiger charge is 2.11. The zero-order valence-corrected chi connectivity index (χ0v) is 13.1. The van der Waals surface area contributed by atoms with E-state index in [-0.39, 0.29) is 0 Å². The number of methoxy groups -OCH3 is 1. The number of benzene rings is 1. The van der Waals surface area contributed by atoms with Crippen LogP contribution in [0.2, 0.25) is 0 Å². The first kappa shape index (κ1) is 14.6. The summed E-state index contributed by atoms with van der Waals surface area (Å²) in [6.45, 7) is 3.09. The Balaban J connectivity index is 2.16. The summed E-state index contributed by atoms with van der Waals surface area (Å²) in [7, 11) is 3.39. The number of rotatable bonds is 6. The fourth-order valence-corrected chi connectivity index (χ4v) is 2.32. The largest absolute Gasteiger partial charge is 0.493 e. The van der Waals surface area contributed by atoms with Gasteiger partial charge in [-0.2, -0.15) is 0 Å². The second-order valence-corrected chi connectivity index (χ2v) is 4.88. The Hall–Kier alpha value is -1.83. The molecule has 0 unspecified atom stereocenters. The van der Waals surface area contributed by atoms with E-state index in [0.29, 0.717) is 30.6 Å². The van der Waals surface area contributed by atoms with E-state index in [2.05, 4.69) is 36.8 Å². The summed E-state index contributed by atoms with van der Waals surface area (Å²) in [6.07, 6.45) is 0. The number of tetrazole rings is 1. The number of halogens is 1. The standard InChI is InChI=1S/C12H16BrN5O2/c1-4-20-11-9(13)5-8(6-10(11)19-3)7-14-12-15-16-17-18(12)2/h5-6H,4,7H2,1-3H3,(H,14,15,17). The number of aryl methyl sites for hydroxylation is 1. The van der Waals surface area contributed by atoms with E-state index >= 15 is 0 Å². The average Bonchev–Trinajstić information content (AvgIpc) is 2.84. The molecule has 0 aliphatic heterocycles. The second kappa shape index (κ2) is 6.56. The van der Waals surface area contributed by atoms with E-state index in [0.717, 1.165) is 10.0 Å². The molecule has 0 aliphatic rings. The molecule has 1 heterocycles. The number of ether oxygens (including phenoxy) is 2. The van der Waals surface area contributed by atoms with Gasteiger partial charge < -0.3 is 14.8 Å². The van der Waals surface area contributed by atoms with E-state index < -0.39 is 0 Å². The van der Waals surface area contributed by atoms with Crippen molar-refractivity contribution in [2.24, 2.45) is 7.05 Å². The number of hydrogen-bond acceptors (Lipinski definition) is 6. The first-order valence-corrected chi connectivity index (χ1v) is 6.90. The minimum absolute atomic E-state index is 0.579. The zero-order chi connectivity index (χ0) is 14.5. The van der Waals surface area contributed by atoms with Crippen LogP contribution >= 0.6 is 15.9 Å². The summed E-state index contributed by atoms with van der Waals surface area (Å²) >= 11 is 3.49. The van der Waals surface area contributed by atoms with Crippen molar-refractivity contribution in [2.45, 2.75) is 13.5 Å². The predicted octanol–water partition coefficient (Wildman–Crippen LogP) is 1.99. The number of hydrogen-bond donors (Lipinski definition) is 1. The second-order valence-electron chi connectivity index (χ2n) is 4.02. The van der Waals surface area contributed by atoms with Crippen LogP contribution in [-0.2, 0) is 13.6 Å². The highest BCUT2D eigenvalue weighted by atomic mass is 79.9. The number of aromatic nitrogens is 4. The molecule has 108 valence electrons. The van der Waals surface area contributed by atoms with Crippen molar-refractivity contribution >= 4 is 21.9 Å². The van der Waals surface area contributed by atoms with Gasteiger partial charge in [0.15, 0.2) is 11.5 Å². The van der Waals surface area contributed by atoms with Crippen LogP contribution in [0.1, 0.15) is 12.5 Å². The summed E-state index contributed by atoms with van der Waals surface area (Å²) < 4.78 is 13.3. The summed E-state index contributed by atoms with van der Waals surface area (Å²) in [5.41, 5.74) is 1.03. The summed E-state index contributed by atoms with van der Waals surface area (Å²) in [5, 5.41) is 14.3. The molecule has 1 aromatic heterocycles. The van der Waals surface area contributed by atoms with Crippen molar-refractivity contribution in [1.82, 2.24) is 20.2 Å². The summed E-state index contributed by atoms with van der Waals surface area (Å²) in [6, 6.07) is 3.90. The Kier molecular flexibility index (Phi) is 4.78. The van der Waals surface area contributed by atoms with Crippen LogP contribution in [0, 0.1) is 0 Å². The Morgan fingerprint density at radius 2 is 2.20 bits per heavy atom. The van der Waals surface area contributed by atoms with Gasteiger partial charge in [0.2, 0.25) is 5.95 Å². The maximum atomic E-state index is 5.55. The maximum Gasteiger partial charge on any atom is 0.242 e. The van der Waals surface area contributed by atoms with E-state index in [1.54, 1.807) is 18.8 Å². The molecule has 0 atom stereocenters. The molecular weight excluding hydrogens is 326 g/mol. The van der Waals surface area contributed by atoms with E-state index in [9.17, 15) is 0 Å². The quantitative estimate of drug-likeness (QED) is 0.866. The van der Waals surface area contributed by atoms with Crippen LogP contribution in [0.25, 0.3) is 0 Å². The third-order valence-electron chi connectivity index (χ3n) is 2.65. The topological polar surface area (TPSA) is 74.1 Å². The van der Waals surface area contributed by atoms with Gasteiger partial charge in [0.05, 0.1) is 18.2 Å². The Labute approximate surface area is 125 Å². The molecule has 0 bridgehead atoms. The van der Waals surface area contributed by atoms with Gasteiger partial charge in [0.1, 0.15) is 0 Å². The van der Waals surface area contributed by atoms with Crippen LogP contribution in [0.3, 0.4) is 0 Å². The van der Waals surface area contributed by atoms with Crippen molar-refractivity contribution in [3.05, 3.63) is 22.2 Å². The first-order chi connectivity index (χ1) is 9.65. The van der Waals surface area contributed by atoms with Gasteiger partial charge in [0.25, 0.3) is 0 Å². The highest BCUT2D eigenvalue weighted by molar-refractivity contribution is 9.10. The molecule has 0 amide bonds. The monoisotopic (exact) mass is 341 g/mol. The van der Waals surface area contributed by atoms with E-state index in [1.807, 2.05) is 19.1 Å². The minimum atomic E-state index is 0.579. The molecule has 0 radical (unpaired) electrons.